The van der Waals surface area contributed by atoms with Gasteiger partial charge in [-0.2, -0.15) is 0 Å². The highest BCUT2D eigenvalue weighted by Crippen LogP contribution is 2.36. The van der Waals surface area contributed by atoms with Crippen molar-refractivity contribution in [3.05, 3.63) is 65.5 Å². The fourth-order valence-electron chi connectivity index (χ4n) is 4.23. The minimum absolute atomic E-state index is 0.00180. The van der Waals surface area contributed by atoms with E-state index in [0.717, 1.165) is 22.4 Å². The average Bonchev–Trinajstić information content (AvgIpc) is 3.16. The van der Waals surface area contributed by atoms with E-state index in [1.165, 1.54) is 4.90 Å². The van der Waals surface area contributed by atoms with Crippen LogP contribution >= 0.6 is 0 Å². The number of nitrogens with zero attached hydrogens (tertiary/aromatic N) is 2. The topological polar surface area (TPSA) is 81.2 Å². The number of aliphatic hydroxyl groups excluding tert-OH is 1. The Balaban J connectivity index is 1.32. The number of H-pyrrole nitrogens is 1. The number of fused-ring (bicyclic) bond motifs is 2. The van der Waals surface area contributed by atoms with Gasteiger partial charge in [0.2, 0.25) is 5.91 Å². The zero-order valence-corrected chi connectivity index (χ0v) is 17.8. The lowest BCUT2D eigenvalue weighted by Gasteiger charge is -2.56. The van der Waals surface area contributed by atoms with Gasteiger partial charge in [-0.15, -0.1) is 0 Å². The molecule has 0 saturated carbocycles. The average molecular weight is 418 g/mol. The number of carbonyl (C=O) groups excluding carboxylic acids is 1. The summed E-state index contributed by atoms with van der Waals surface area (Å²) in [6, 6.07) is 15.1. The third kappa shape index (κ3) is 4.66. The highest BCUT2D eigenvalue weighted by molar-refractivity contribution is 6.44. The van der Waals surface area contributed by atoms with E-state index >= 15 is 0 Å². The van der Waals surface area contributed by atoms with Gasteiger partial charge in [-0.25, -0.2) is 4.98 Å². The molecular weight excluding hydrogens is 396 g/mol. The molecule has 1 amide bonds. The molecule has 0 spiro atoms. The van der Waals surface area contributed by atoms with Crippen LogP contribution in [-0.4, -0.2) is 81.8 Å². The molecule has 1 atom stereocenters. The zero-order valence-electron chi connectivity index (χ0n) is 17.8. The number of imidazole rings is 1. The maximum atomic E-state index is 12.3. The van der Waals surface area contributed by atoms with Crippen LogP contribution in [-0.2, 0) is 23.0 Å². The Morgan fingerprint density at radius 2 is 1.88 bits per heavy atom. The Morgan fingerprint density at radius 1 is 1.16 bits per heavy atom. The number of para-hydroxylation sites is 2. The Kier molecular flexibility index (Phi) is 6.28. The molecule has 3 aromatic rings. The monoisotopic (exact) mass is 418 g/mol. The van der Waals surface area contributed by atoms with Gasteiger partial charge in [-0.05, 0) is 35.0 Å². The van der Waals surface area contributed by atoms with Crippen LogP contribution < -0.4 is 5.32 Å². The van der Waals surface area contributed by atoms with Gasteiger partial charge >= 0.3 is 0 Å². The first-order valence-electron chi connectivity index (χ1n) is 10.6. The molecule has 154 valence electrons. The summed E-state index contributed by atoms with van der Waals surface area (Å²) in [5.41, 5.74) is 3.36. The fraction of sp³-hybridized carbons (Fsp3) is 0.364. The molecule has 0 unspecified atom stereocenters. The van der Waals surface area contributed by atoms with Crippen molar-refractivity contribution in [3.63, 3.8) is 0 Å². The van der Waals surface area contributed by atoms with Gasteiger partial charge in [0, 0.05) is 25.9 Å². The van der Waals surface area contributed by atoms with Crippen LogP contribution in [0.4, 0.5) is 0 Å². The highest BCUT2D eigenvalue weighted by atomic mass is 16.3. The first-order chi connectivity index (χ1) is 15.2. The summed E-state index contributed by atoms with van der Waals surface area (Å²) in [7, 11) is 25.4. The van der Waals surface area contributed by atoms with Crippen LogP contribution in [0.3, 0.4) is 0 Å². The molecule has 2 heterocycles. The fourth-order valence-corrected chi connectivity index (χ4v) is 4.23. The number of aryl methyl sites for hydroxylation is 1. The van der Waals surface area contributed by atoms with Crippen molar-refractivity contribution < 1.29 is 9.90 Å². The Bertz CT molecular complexity index is 1090. The van der Waals surface area contributed by atoms with Gasteiger partial charge in [-0.3, -0.25) is 4.79 Å². The quantitative estimate of drug-likeness (QED) is 0.472. The Labute approximate surface area is 193 Å². The summed E-state index contributed by atoms with van der Waals surface area (Å²) >= 11 is 0. The maximum Gasteiger partial charge on any atom is 0.220 e. The van der Waals surface area contributed by atoms with Crippen molar-refractivity contribution in [3.8, 4) is 0 Å². The van der Waals surface area contributed by atoms with Crippen molar-refractivity contribution in [2.75, 3.05) is 13.1 Å². The number of benzene rings is 2. The molecule has 3 N–H and O–H groups in total. The van der Waals surface area contributed by atoms with E-state index in [-0.39, 0.29) is 25.4 Å². The minimum atomic E-state index is -1.45. The minimum Gasteiger partial charge on any atom is -0.390 e. The summed E-state index contributed by atoms with van der Waals surface area (Å²) < 4.78 is 0. The third-order valence-corrected chi connectivity index (χ3v) is 5.83. The second-order valence-electron chi connectivity index (χ2n) is 8.42. The lowest BCUT2D eigenvalue weighted by molar-refractivity contribution is -0.121. The number of aliphatic hydroxyl groups is 1. The van der Waals surface area contributed by atoms with Crippen LogP contribution in [0.25, 0.3) is 11.0 Å². The molecule has 0 aliphatic carbocycles. The normalized spacial score (nSPS) is 18.2. The second kappa shape index (κ2) is 8.83. The molecule has 4 rings (SSSR count). The molecule has 0 fully saturated rings. The molecule has 2 aromatic carbocycles. The predicted molar refractivity (Wildman–Crippen MR) is 128 cm³/mol. The number of rotatable bonds is 7. The number of hydrogen-bond donors (Lipinski definition) is 3. The standard InChI is InChI=1S/C22H22B4N4O2/c23-21(24)11-14-5-1-2-6-16(14)22(25,26)30(21)13-15(31)12-27-20(32)10-9-19-28-17-7-3-4-8-18(17)29-19/h1-8,15,31H,9-13H2,(H,27,32)(H,28,29)/t15-/m0/s1. The van der Waals surface area contributed by atoms with Gasteiger partial charge in [-0.1, -0.05) is 41.7 Å². The van der Waals surface area contributed by atoms with Gasteiger partial charge in [0.1, 0.15) is 5.82 Å². The number of hydrogen-bond acceptors (Lipinski definition) is 4. The van der Waals surface area contributed by atoms with Gasteiger partial charge in [0.15, 0.2) is 0 Å². The van der Waals surface area contributed by atoms with E-state index < -0.39 is 16.8 Å². The SMILES string of the molecule is [B]C1([B])Cc2ccccc2C([B])([B])N1C[C@@H](O)CNC(=O)CCc1nc2ccccc2[nH]1. The molecule has 6 nitrogen and oxygen atoms in total. The predicted octanol–water partition coefficient (Wildman–Crippen LogP) is -0.0310. The summed E-state index contributed by atoms with van der Waals surface area (Å²) in [5, 5.41) is 10.5. The van der Waals surface area contributed by atoms with Crippen molar-refractivity contribution in [1.82, 2.24) is 20.2 Å². The second-order valence-corrected chi connectivity index (χ2v) is 8.42. The van der Waals surface area contributed by atoms with Crippen LogP contribution in [0.15, 0.2) is 48.5 Å². The first kappa shape index (κ1) is 22.7. The number of amides is 1. The molecule has 0 saturated heterocycles. The first-order valence-corrected chi connectivity index (χ1v) is 10.6. The van der Waals surface area contributed by atoms with Crippen molar-refractivity contribution in [2.24, 2.45) is 0 Å². The summed E-state index contributed by atoms with van der Waals surface area (Å²) in [5.74, 6) is 0.535. The van der Waals surface area contributed by atoms with E-state index in [0.29, 0.717) is 18.4 Å². The molecule has 0 bridgehead atoms. The van der Waals surface area contributed by atoms with E-state index in [1.807, 2.05) is 48.5 Å². The van der Waals surface area contributed by atoms with E-state index in [4.69, 9.17) is 31.4 Å². The van der Waals surface area contributed by atoms with Crippen molar-refractivity contribution in [2.45, 2.75) is 36.0 Å². The highest BCUT2D eigenvalue weighted by Gasteiger charge is 2.43. The molecule has 1 aromatic heterocycles. The number of aromatic nitrogens is 2. The number of nitrogens with one attached hydrogen (secondary N) is 2. The Hall–Kier alpha value is -2.44. The smallest absolute Gasteiger partial charge is 0.220 e. The summed E-state index contributed by atoms with van der Waals surface area (Å²) in [4.78, 5) is 21.4. The van der Waals surface area contributed by atoms with Gasteiger partial charge < -0.3 is 20.3 Å². The largest absolute Gasteiger partial charge is 0.390 e. The number of β-amino-alcohol motifs (C(OH)–C–C–N with tert-alkyl or cyclic N) is 1. The Morgan fingerprint density at radius 3 is 2.66 bits per heavy atom. The summed E-state index contributed by atoms with van der Waals surface area (Å²) in [6.07, 6.45) is 0.0612. The van der Waals surface area contributed by atoms with E-state index in [2.05, 4.69) is 15.3 Å². The van der Waals surface area contributed by atoms with E-state index in [9.17, 15) is 9.90 Å². The summed E-state index contributed by atoms with van der Waals surface area (Å²) in [6.45, 7) is 0.0153. The molecule has 8 radical (unpaired) electrons. The lowest BCUT2D eigenvalue weighted by Crippen LogP contribution is -2.67. The maximum absolute atomic E-state index is 12.3. The van der Waals surface area contributed by atoms with Crippen LogP contribution in [0, 0.1) is 0 Å². The van der Waals surface area contributed by atoms with Crippen molar-refractivity contribution >= 4 is 48.3 Å². The van der Waals surface area contributed by atoms with Crippen LogP contribution in [0.2, 0.25) is 0 Å². The molecule has 1 aliphatic rings. The van der Waals surface area contributed by atoms with Crippen molar-refractivity contribution in [1.29, 1.82) is 0 Å². The lowest BCUT2D eigenvalue weighted by atomic mass is 9.45. The van der Waals surface area contributed by atoms with Gasteiger partial charge in [0.25, 0.3) is 0 Å². The van der Waals surface area contributed by atoms with Crippen LogP contribution in [0.5, 0.6) is 0 Å². The molecular formula is C22H22B4N4O2. The number of aromatic amines is 1. The van der Waals surface area contributed by atoms with E-state index in [1.54, 1.807) is 0 Å². The van der Waals surface area contributed by atoms with Gasteiger partial charge in [0.05, 0.1) is 48.5 Å². The molecule has 1 aliphatic heterocycles. The zero-order chi connectivity index (χ0) is 22.9. The molecule has 10 heteroatoms. The molecule has 32 heavy (non-hydrogen) atoms. The number of carbonyl (C=O) groups is 1. The van der Waals surface area contributed by atoms with Crippen LogP contribution in [0.1, 0.15) is 23.4 Å². The third-order valence-electron chi connectivity index (χ3n) is 5.83.